The normalized spacial score (nSPS) is 10.9. The van der Waals surface area contributed by atoms with Gasteiger partial charge in [0.05, 0.1) is 5.69 Å². The van der Waals surface area contributed by atoms with E-state index in [1.807, 2.05) is 19.1 Å². The number of nitrogens with zero attached hydrogens (tertiary/aromatic N) is 3. The number of rotatable bonds is 3. The molecule has 6 heteroatoms. The number of terminal acetylenes is 1. The van der Waals surface area contributed by atoms with Crippen molar-refractivity contribution in [2.45, 2.75) is 26.4 Å². The Labute approximate surface area is 134 Å². The number of aryl methyl sites for hydroxylation is 1. The number of aromatic nitrogens is 2. The van der Waals surface area contributed by atoms with E-state index in [9.17, 15) is 4.79 Å². The second kappa shape index (κ2) is 6.16. The summed E-state index contributed by atoms with van der Waals surface area (Å²) in [5.74, 6) is 2.43. The van der Waals surface area contributed by atoms with Crippen LogP contribution >= 0.6 is 11.3 Å². The lowest BCUT2D eigenvalue weighted by Gasteiger charge is -2.23. The zero-order chi connectivity index (χ0) is 16.3. The fourth-order valence-electron chi connectivity index (χ4n) is 1.71. The van der Waals surface area contributed by atoms with E-state index in [0.717, 1.165) is 21.3 Å². The maximum Gasteiger partial charge on any atom is 0.416 e. The number of hydrogen-bond donors (Lipinski definition) is 0. The summed E-state index contributed by atoms with van der Waals surface area (Å²) in [6.07, 6.45) is 8.28. The molecule has 0 bridgehead atoms. The molecule has 2 aromatic heterocycles. The van der Waals surface area contributed by atoms with E-state index in [2.05, 4.69) is 15.9 Å². The van der Waals surface area contributed by atoms with Gasteiger partial charge in [-0.3, -0.25) is 9.88 Å². The van der Waals surface area contributed by atoms with Crippen LogP contribution in [0.2, 0.25) is 0 Å². The van der Waals surface area contributed by atoms with E-state index < -0.39 is 11.7 Å². The number of carbonyl (C=O) groups excluding carboxylic acids is 1. The molecule has 114 valence electrons. The van der Waals surface area contributed by atoms with Crippen LogP contribution in [0.25, 0.3) is 10.6 Å². The predicted molar refractivity (Wildman–Crippen MR) is 87.9 cm³/mol. The number of anilines is 1. The molecule has 0 unspecified atom stereocenters. The quantitative estimate of drug-likeness (QED) is 0.814. The lowest BCUT2D eigenvalue weighted by Crippen LogP contribution is -2.35. The highest BCUT2D eigenvalue weighted by molar-refractivity contribution is 7.19. The van der Waals surface area contributed by atoms with Crippen LogP contribution in [0, 0.1) is 19.3 Å². The van der Waals surface area contributed by atoms with Gasteiger partial charge in [0.15, 0.2) is 5.60 Å². The van der Waals surface area contributed by atoms with Crippen LogP contribution in [0.1, 0.15) is 19.5 Å². The van der Waals surface area contributed by atoms with Gasteiger partial charge in [0, 0.05) is 25.0 Å². The fraction of sp³-hybridized carbons (Fsp3) is 0.312. The fourth-order valence-corrected chi connectivity index (χ4v) is 2.72. The Kier molecular flexibility index (Phi) is 4.48. The summed E-state index contributed by atoms with van der Waals surface area (Å²) in [6.45, 7) is 5.18. The Bertz CT molecular complexity index is 717. The molecule has 0 aromatic carbocycles. The van der Waals surface area contributed by atoms with Crippen molar-refractivity contribution in [2.75, 3.05) is 11.9 Å². The molecule has 0 atom stereocenters. The minimum atomic E-state index is -0.948. The highest BCUT2D eigenvalue weighted by Crippen LogP contribution is 2.34. The smallest absolute Gasteiger partial charge is 0.416 e. The van der Waals surface area contributed by atoms with Crippen molar-refractivity contribution in [1.29, 1.82) is 0 Å². The third kappa shape index (κ3) is 3.43. The number of hydrogen-bond acceptors (Lipinski definition) is 5. The summed E-state index contributed by atoms with van der Waals surface area (Å²) in [5, 5.41) is 1.52. The van der Waals surface area contributed by atoms with Crippen LogP contribution in [0.4, 0.5) is 9.80 Å². The maximum atomic E-state index is 12.2. The standard InChI is InChI=1S/C16H17N3O2S/c1-6-16(3,4)21-15(20)19(5)14-11(2)18-13(22-14)12-8-7-9-17-10-12/h1,7-10H,2-5H3. The molecule has 5 nitrogen and oxygen atoms in total. The molecular weight excluding hydrogens is 298 g/mol. The van der Waals surface area contributed by atoms with Crippen LogP contribution in [0.5, 0.6) is 0 Å². The van der Waals surface area contributed by atoms with Crippen molar-refractivity contribution in [1.82, 2.24) is 9.97 Å². The summed E-state index contributed by atoms with van der Waals surface area (Å²) >= 11 is 1.40. The Morgan fingerprint density at radius 1 is 1.50 bits per heavy atom. The molecule has 2 heterocycles. The number of carbonyl (C=O) groups is 1. The molecule has 0 N–H and O–H groups in total. The van der Waals surface area contributed by atoms with E-state index >= 15 is 0 Å². The van der Waals surface area contributed by atoms with Crippen LogP contribution in [-0.2, 0) is 4.74 Å². The van der Waals surface area contributed by atoms with Crippen LogP contribution in [0.3, 0.4) is 0 Å². The molecule has 0 fully saturated rings. The first-order chi connectivity index (χ1) is 10.3. The number of thiazole rings is 1. The summed E-state index contributed by atoms with van der Waals surface area (Å²) in [7, 11) is 1.64. The van der Waals surface area contributed by atoms with Gasteiger partial charge in [-0.15, -0.1) is 6.42 Å². The van der Waals surface area contributed by atoms with E-state index in [4.69, 9.17) is 11.2 Å². The first kappa shape index (κ1) is 16.0. The Morgan fingerprint density at radius 2 is 2.23 bits per heavy atom. The van der Waals surface area contributed by atoms with Gasteiger partial charge in [0.25, 0.3) is 0 Å². The van der Waals surface area contributed by atoms with Crippen LogP contribution < -0.4 is 4.90 Å². The average Bonchev–Trinajstić information content (AvgIpc) is 2.89. The zero-order valence-electron chi connectivity index (χ0n) is 13.0. The first-order valence-electron chi connectivity index (χ1n) is 6.66. The topological polar surface area (TPSA) is 55.3 Å². The zero-order valence-corrected chi connectivity index (χ0v) is 13.8. The van der Waals surface area contributed by atoms with E-state index in [-0.39, 0.29) is 0 Å². The highest BCUT2D eigenvalue weighted by atomic mass is 32.1. The van der Waals surface area contributed by atoms with Crippen LogP contribution in [-0.4, -0.2) is 28.7 Å². The van der Waals surface area contributed by atoms with Gasteiger partial charge in [0.2, 0.25) is 0 Å². The number of amides is 1. The molecule has 0 saturated carbocycles. The molecular formula is C16H17N3O2S. The van der Waals surface area contributed by atoms with Gasteiger partial charge in [-0.05, 0) is 32.9 Å². The van der Waals surface area contributed by atoms with Gasteiger partial charge >= 0.3 is 6.09 Å². The molecule has 0 aliphatic rings. The molecule has 0 aliphatic heterocycles. The van der Waals surface area contributed by atoms with Gasteiger partial charge < -0.3 is 4.74 Å². The van der Waals surface area contributed by atoms with Crippen molar-refractivity contribution in [3.63, 3.8) is 0 Å². The minimum Gasteiger partial charge on any atom is -0.430 e. The van der Waals surface area contributed by atoms with Crippen molar-refractivity contribution in [3.8, 4) is 22.9 Å². The maximum absolute atomic E-state index is 12.2. The summed E-state index contributed by atoms with van der Waals surface area (Å²) in [4.78, 5) is 22.2. The van der Waals surface area contributed by atoms with E-state index in [1.165, 1.54) is 16.2 Å². The molecule has 2 aromatic rings. The molecule has 1 amide bonds. The van der Waals surface area contributed by atoms with E-state index in [0.29, 0.717) is 0 Å². The summed E-state index contributed by atoms with van der Waals surface area (Å²) < 4.78 is 5.29. The monoisotopic (exact) mass is 315 g/mol. The highest BCUT2D eigenvalue weighted by Gasteiger charge is 2.25. The Morgan fingerprint density at radius 3 is 2.82 bits per heavy atom. The van der Waals surface area contributed by atoms with Crippen molar-refractivity contribution in [3.05, 3.63) is 30.2 Å². The van der Waals surface area contributed by atoms with Crippen molar-refractivity contribution in [2.24, 2.45) is 0 Å². The molecule has 2 rings (SSSR count). The third-order valence-electron chi connectivity index (χ3n) is 2.95. The Balaban J connectivity index is 2.25. The third-order valence-corrected chi connectivity index (χ3v) is 4.23. The number of ether oxygens (including phenoxy) is 1. The van der Waals surface area contributed by atoms with Gasteiger partial charge in [-0.25, -0.2) is 9.78 Å². The van der Waals surface area contributed by atoms with Gasteiger partial charge in [0.1, 0.15) is 10.0 Å². The van der Waals surface area contributed by atoms with Crippen molar-refractivity contribution >= 4 is 22.4 Å². The largest absolute Gasteiger partial charge is 0.430 e. The molecule has 0 spiro atoms. The second-order valence-electron chi connectivity index (χ2n) is 5.23. The lowest BCUT2D eigenvalue weighted by atomic mass is 10.1. The van der Waals surface area contributed by atoms with Gasteiger partial charge in [-0.2, -0.15) is 0 Å². The number of pyridine rings is 1. The molecule has 0 saturated heterocycles. The summed E-state index contributed by atoms with van der Waals surface area (Å²) in [6, 6.07) is 3.77. The summed E-state index contributed by atoms with van der Waals surface area (Å²) in [5.41, 5.74) is 0.713. The molecule has 0 aliphatic carbocycles. The Hall–Kier alpha value is -2.39. The SMILES string of the molecule is C#CC(C)(C)OC(=O)N(C)c1sc(-c2cccnc2)nc1C. The molecule has 0 radical (unpaired) electrons. The van der Waals surface area contributed by atoms with Crippen LogP contribution in [0.15, 0.2) is 24.5 Å². The van der Waals surface area contributed by atoms with E-state index in [1.54, 1.807) is 33.3 Å². The second-order valence-corrected chi connectivity index (χ2v) is 6.21. The predicted octanol–water partition coefficient (Wildman–Crippen LogP) is 3.50. The minimum absolute atomic E-state index is 0.507. The first-order valence-corrected chi connectivity index (χ1v) is 7.48. The molecule has 22 heavy (non-hydrogen) atoms. The van der Waals surface area contributed by atoms with Crippen molar-refractivity contribution < 1.29 is 9.53 Å². The van der Waals surface area contributed by atoms with Gasteiger partial charge in [-0.1, -0.05) is 17.3 Å². The lowest BCUT2D eigenvalue weighted by molar-refractivity contribution is 0.0854. The average molecular weight is 315 g/mol.